The zero-order valence-electron chi connectivity index (χ0n) is 11.9. The maximum Gasteiger partial charge on any atom is 0.288 e. The smallest absolute Gasteiger partial charge is 0.288 e. The number of fused-ring (bicyclic) bond motifs is 1. The molecular formula is C17H14BrN3O. The molecule has 0 aliphatic heterocycles. The average Bonchev–Trinajstić information content (AvgIpc) is 2.85. The lowest BCUT2D eigenvalue weighted by molar-refractivity contribution is 0.0950. The van der Waals surface area contributed by atoms with E-state index in [1.165, 1.54) is 0 Å². The normalized spacial score (nSPS) is 11.2. The van der Waals surface area contributed by atoms with Crippen molar-refractivity contribution in [2.75, 3.05) is 0 Å². The lowest BCUT2D eigenvalue weighted by Crippen LogP contribution is -2.18. The van der Waals surface area contributed by atoms with Crippen molar-refractivity contribution in [1.29, 1.82) is 0 Å². The van der Waals surface area contributed by atoms with Crippen molar-refractivity contribution in [2.45, 2.75) is 6.92 Å². The molecule has 0 radical (unpaired) electrons. The van der Waals surface area contributed by atoms with Gasteiger partial charge in [-0.2, -0.15) is 5.10 Å². The van der Waals surface area contributed by atoms with Gasteiger partial charge in [0.25, 0.3) is 5.91 Å². The summed E-state index contributed by atoms with van der Waals surface area (Å²) in [6.07, 6.45) is 1.62. The number of rotatable bonds is 3. The Kier molecular flexibility index (Phi) is 4.06. The summed E-state index contributed by atoms with van der Waals surface area (Å²) in [7, 11) is 0. The van der Waals surface area contributed by atoms with Crippen molar-refractivity contribution >= 4 is 39.0 Å². The van der Waals surface area contributed by atoms with E-state index in [9.17, 15) is 4.79 Å². The first-order chi connectivity index (χ1) is 10.6. The van der Waals surface area contributed by atoms with Gasteiger partial charge in [-0.3, -0.25) is 4.79 Å². The fourth-order valence-electron chi connectivity index (χ4n) is 2.29. The largest absolute Gasteiger partial charge is 0.350 e. The molecule has 0 spiro atoms. The van der Waals surface area contributed by atoms with Gasteiger partial charge in [0, 0.05) is 15.4 Å². The third-order valence-electron chi connectivity index (χ3n) is 3.43. The summed E-state index contributed by atoms with van der Waals surface area (Å²) in [5.41, 5.74) is 5.84. The van der Waals surface area contributed by atoms with Crippen LogP contribution in [0.2, 0.25) is 0 Å². The highest BCUT2D eigenvalue weighted by atomic mass is 79.9. The summed E-state index contributed by atoms with van der Waals surface area (Å²) >= 11 is 3.44. The molecule has 0 fully saturated rings. The van der Waals surface area contributed by atoms with Gasteiger partial charge in [0.15, 0.2) is 0 Å². The van der Waals surface area contributed by atoms with E-state index in [1.807, 2.05) is 55.5 Å². The number of halogens is 1. The predicted octanol–water partition coefficient (Wildman–Crippen LogP) is 4.00. The highest BCUT2D eigenvalue weighted by molar-refractivity contribution is 9.10. The molecule has 110 valence electrons. The Morgan fingerprint density at radius 1 is 1.23 bits per heavy atom. The van der Waals surface area contributed by atoms with E-state index in [0.29, 0.717) is 5.69 Å². The molecule has 22 heavy (non-hydrogen) atoms. The molecule has 4 nitrogen and oxygen atoms in total. The summed E-state index contributed by atoms with van der Waals surface area (Å²) in [5.74, 6) is -0.253. The van der Waals surface area contributed by atoms with Crippen molar-refractivity contribution in [3.8, 4) is 0 Å². The van der Waals surface area contributed by atoms with Crippen molar-refractivity contribution in [3.05, 3.63) is 69.8 Å². The monoisotopic (exact) mass is 355 g/mol. The van der Waals surface area contributed by atoms with E-state index in [4.69, 9.17) is 0 Å². The number of hydrogen-bond donors (Lipinski definition) is 2. The third kappa shape index (κ3) is 2.94. The molecule has 3 rings (SSSR count). The maximum absolute atomic E-state index is 12.2. The van der Waals surface area contributed by atoms with Crippen LogP contribution in [-0.2, 0) is 0 Å². The Balaban J connectivity index is 1.81. The summed E-state index contributed by atoms with van der Waals surface area (Å²) in [5, 5.41) is 5.01. The molecule has 0 bridgehead atoms. The van der Waals surface area contributed by atoms with Gasteiger partial charge in [0.2, 0.25) is 0 Å². The highest BCUT2D eigenvalue weighted by Crippen LogP contribution is 2.25. The Hall–Kier alpha value is -2.40. The van der Waals surface area contributed by atoms with Crippen LogP contribution in [0, 0.1) is 6.92 Å². The number of H-pyrrole nitrogens is 1. The molecule has 0 atom stereocenters. The summed E-state index contributed by atoms with van der Waals surface area (Å²) in [6.45, 7) is 1.92. The van der Waals surface area contributed by atoms with Crippen LogP contribution in [-0.4, -0.2) is 17.1 Å². The van der Waals surface area contributed by atoms with Crippen LogP contribution in [0.25, 0.3) is 10.9 Å². The molecule has 0 saturated carbocycles. The topological polar surface area (TPSA) is 57.2 Å². The molecule has 5 heteroatoms. The Morgan fingerprint density at radius 3 is 2.77 bits per heavy atom. The minimum absolute atomic E-state index is 0.253. The van der Waals surface area contributed by atoms with Crippen LogP contribution in [0.3, 0.4) is 0 Å². The highest BCUT2D eigenvalue weighted by Gasteiger charge is 2.14. The van der Waals surface area contributed by atoms with Crippen molar-refractivity contribution in [1.82, 2.24) is 10.4 Å². The Labute approximate surface area is 136 Å². The number of benzene rings is 2. The number of hydrazone groups is 1. The number of carbonyl (C=O) groups excluding carboxylic acids is 1. The summed E-state index contributed by atoms with van der Waals surface area (Å²) in [6, 6.07) is 15.5. The van der Waals surface area contributed by atoms with Crippen LogP contribution in [0.15, 0.2) is 58.1 Å². The molecule has 1 aromatic heterocycles. The lowest BCUT2D eigenvalue weighted by Gasteiger charge is -1.98. The number of amides is 1. The van der Waals surface area contributed by atoms with Crippen LogP contribution in [0.5, 0.6) is 0 Å². The second kappa shape index (κ2) is 6.15. The van der Waals surface area contributed by atoms with E-state index in [1.54, 1.807) is 6.21 Å². The second-order valence-corrected chi connectivity index (χ2v) is 5.84. The molecule has 2 N–H and O–H groups in total. The van der Waals surface area contributed by atoms with Crippen LogP contribution >= 0.6 is 15.9 Å². The molecular weight excluding hydrogens is 342 g/mol. The molecule has 3 aromatic rings. The van der Waals surface area contributed by atoms with Gasteiger partial charge < -0.3 is 4.98 Å². The van der Waals surface area contributed by atoms with Crippen LogP contribution < -0.4 is 5.43 Å². The lowest BCUT2D eigenvalue weighted by atomic mass is 10.1. The Morgan fingerprint density at radius 2 is 2.00 bits per heavy atom. The maximum atomic E-state index is 12.2. The summed E-state index contributed by atoms with van der Waals surface area (Å²) < 4.78 is 0.983. The number of carbonyl (C=O) groups is 1. The first-order valence-electron chi connectivity index (χ1n) is 6.81. The van der Waals surface area contributed by atoms with Gasteiger partial charge in [-0.25, -0.2) is 5.43 Å². The molecule has 0 unspecified atom stereocenters. The zero-order chi connectivity index (χ0) is 15.5. The van der Waals surface area contributed by atoms with E-state index in [2.05, 4.69) is 31.4 Å². The van der Waals surface area contributed by atoms with Gasteiger partial charge in [0.1, 0.15) is 5.69 Å². The van der Waals surface area contributed by atoms with Gasteiger partial charge in [0.05, 0.1) is 6.21 Å². The molecule has 1 amide bonds. The minimum Gasteiger partial charge on any atom is -0.350 e. The van der Waals surface area contributed by atoms with Crippen LogP contribution in [0.1, 0.15) is 21.6 Å². The van der Waals surface area contributed by atoms with Crippen molar-refractivity contribution < 1.29 is 4.79 Å². The van der Waals surface area contributed by atoms with Gasteiger partial charge in [-0.1, -0.05) is 46.3 Å². The standard InChI is InChI=1S/C17H14BrN3O/c1-11-14-9-13(18)7-8-15(14)20-16(11)17(22)21-19-10-12-5-3-2-4-6-12/h2-10,20H,1H3,(H,21,22). The van der Waals surface area contributed by atoms with Gasteiger partial charge in [-0.05, 0) is 36.2 Å². The SMILES string of the molecule is Cc1c(C(=O)NN=Cc2ccccc2)[nH]c2ccc(Br)cc12. The number of nitrogens with one attached hydrogen (secondary N) is 2. The second-order valence-electron chi connectivity index (χ2n) is 4.92. The number of hydrogen-bond acceptors (Lipinski definition) is 2. The number of aryl methyl sites for hydroxylation is 1. The first kappa shape index (κ1) is 14.5. The van der Waals surface area contributed by atoms with E-state index < -0.39 is 0 Å². The molecule has 0 saturated heterocycles. The molecule has 0 aliphatic carbocycles. The predicted molar refractivity (Wildman–Crippen MR) is 92.2 cm³/mol. The van der Waals surface area contributed by atoms with Gasteiger partial charge in [-0.15, -0.1) is 0 Å². The van der Waals surface area contributed by atoms with Crippen LogP contribution in [0.4, 0.5) is 0 Å². The first-order valence-corrected chi connectivity index (χ1v) is 7.61. The van der Waals surface area contributed by atoms with E-state index in [0.717, 1.165) is 26.5 Å². The number of nitrogens with zero attached hydrogens (tertiary/aromatic N) is 1. The quantitative estimate of drug-likeness (QED) is 0.541. The number of aromatic nitrogens is 1. The number of aromatic amines is 1. The van der Waals surface area contributed by atoms with Crippen molar-refractivity contribution in [3.63, 3.8) is 0 Å². The Bertz CT molecular complexity index is 853. The zero-order valence-corrected chi connectivity index (χ0v) is 13.5. The minimum atomic E-state index is -0.253. The average molecular weight is 356 g/mol. The summed E-state index contributed by atoms with van der Waals surface area (Å²) in [4.78, 5) is 15.4. The van der Waals surface area contributed by atoms with E-state index in [-0.39, 0.29) is 5.91 Å². The van der Waals surface area contributed by atoms with Crippen molar-refractivity contribution in [2.24, 2.45) is 5.10 Å². The molecule has 1 heterocycles. The van der Waals surface area contributed by atoms with E-state index >= 15 is 0 Å². The fourth-order valence-corrected chi connectivity index (χ4v) is 2.65. The molecule has 2 aromatic carbocycles. The molecule has 0 aliphatic rings. The third-order valence-corrected chi connectivity index (χ3v) is 3.92. The van der Waals surface area contributed by atoms with Gasteiger partial charge >= 0.3 is 0 Å². The fraction of sp³-hybridized carbons (Fsp3) is 0.0588.